The van der Waals surface area contributed by atoms with Gasteiger partial charge in [0.25, 0.3) is 5.91 Å². The number of ether oxygens (including phenoxy) is 2. The minimum absolute atomic E-state index is 0.0839. The molecule has 1 atom stereocenters. The number of esters is 1. The van der Waals surface area contributed by atoms with Gasteiger partial charge >= 0.3 is 5.97 Å². The number of thiophene rings is 1. The van der Waals surface area contributed by atoms with Crippen molar-refractivity contribution < 1.29 is 19.1 Å². The number of hydrogen-bond acceptors (Lipinski definition) is 6. The molecule has 0 bridgehead atoms. The summed E-state index contributed by atoms with van der Waals surface area (Å²) in [6, 6.07) is 17.1. The van der Waals surface area contributed by atoms with E-state index in [-0.39, 0.29) is 24.6 Å². The molecule has 0 fully saturated rings. The van der Waals surface area contributed by atoms with Crippen LogP contribution in [0.5, 0.6) is 5.75 Å². The van der Waals surface area contributed by atoms with Gasteiger partial charge in [0.2, 0.25) is 0 Å². The first-order valence-electron chi connectivity index (χ1n) is 13.1. The number of amides is 1. The van der Waals surface area contributed by atoms with Crippen LogP contribution in [0.1, 0.15) is 65.3 Å². The van der Waals surface area contributed by atoms with E-state index in [1.807, 2.05) is 68.4 Å². The van der Waals surface area contributed by atoms with Crippen molar-refractivity contribution in [3.05, 3.63) is 76.2 Å². The molecule has 5 rings (SSSR count). The maximum absolute atomic E-state index is 13.8. The van der Waals surface area contributed by atoms with Crippen LogP contribution in [0.2, 0.25) is 0 Å². The van der Waals surface area contributed by atoms with Gasteiger partial charge in [-0.3, -0.25) is 4.79 Å². The number of benzene rings is 2. The first-order valence-corrected chi connectivity index (χ1v) is 14.0. The van der Waals surface area contributed by atoms with Gasteiger partial charge in [0, 0.05) is 15.8 Å². The highest BCUT2D eigenvalue weighted by Gasteiger charge is 2.29. The number of aromatic nitrogens is 1. The van der Waals surface area contributed by atoms with E-state index in [1.165, 1.54) is 11.3 Å². The average molecular weight is 529 g/mol. The second-order valence-corrected chi connectivity index (χ2v) is 11.1. The second kappa shape index (κ2) is 11.0. The first-order chi connectivity index (χ1) is 18.3. The number of nitrogens with one attached hydrogen (secondary N) is 1. The van der Waals surface area contributed by atoms with Crippen molar-refractivity contribution in [1.82, 2.24) is 4.98 Å². The van der Waals surface area contributed by atoms with Crippen molar-refractivity contribution in [2.75, 3.05) is 11.9 Å². The van der Waals surface area contributed by atoms with Gasteiger partial charge in [-0.25, -0.2) is 9.78 Å². The van der Waals surface area contributed by atoms with Gasteiger partial charge in [-0.05, 0) is 87.9 Å². The Hall–Kier alpha value is -3.71. The van der Waals surface area contributed by atoms with Crippen LogP contribution in [0.3, 0.4) is 0 Å². The zero-order valence-electron chi connectivity index (χ0n) is 22.2. The third-order valence-corrected chi connectivity index (χ3v) is 7.87. The molecule has 1 unspecified atom stereocenters. The van der Waals surface area contributed by atoms with Crippen LogP contribution in [0.25, 0.3) is 22.2 Å². The van der Waals surface area contributed by atoms with Crippen molar-refractivity contribution in [1.29, 1.82) is 0 Å². The number of carbonyl (C=O) groups is 2. The number of nitrogens with zero attached hydrogens (tertiary/aromatic N) is 1. The molecule has 6 nitrogen and oxygen atoms in total. The number of para-hydroxylation sites is 1. The first kappa shape index (κ1) is 25.9. The number of pyridine rings is 1. The zero-order chi connectivity index (χ0) is 26.8. The molecular formula is C31H32N2O4S. The Bertz CT molecular complexity index is 1490. The number of anilines is 1. The Morgan fingerprint density at radius 3 is 2.63 bits per heavy atom. The van der Waals surface area contributed by atoms with Crippen LogP contribution >= 0.6 is 11.3 Å². The number of carbonyl (C=O) groups excluding carboxylic acids is 2. The molecule has 196 valence electrons. The van der Waals surface area contributed by atoms with E-state index in [4.69, 9.17) is 14.5 Å². The smallest absolute Gasteiger partial charge is 0.341 e. The number of hydrogen-bond donors (Lipinski definition) is 1. The van der Waals surface area contributed by atoms with Crippen LogP contribution in [0.4, 0.5) is 5.00 Å². The summed E-state index contributed by atoms with van der Waals surface area (Å²) in [5.41, 5.74) is 4.33. The van der Waals surface area contributed by atoms with Gasteiger partial charge in [0.1, 0.15) is 10.8 Å². The largest absolute Gasteiger partial charge is 0.491 e. The van der Waals surface area contributed by atoms with Gasteiger partial charge in [-0.1, -0.05) is 25.1 Å². The number of rotatable bonds is 7. The zero-order valence-corrected chi connectivity index (χ0v) is 23.0. The van der Waals surface area contributed by atoms with Crippen molar-refractivity contribution in [2.24, 2.45) is 5.92 Å². The second-order valence-electron chi connectivity index (χ2n) is 9.99. The summed E-state index contributed by atoms with van der Waals surface area (Å²) in [6.07, 6.45) is 2.82. The van der Waals surface area contributed by atoms with E-state index >= 15 is 0 Å². The lowest BCUT2D eigenvalue weighted by atomic mass is 9.88. The Labute approximate surface area is 227 Å². The molecule has 4 aromatic rings. The van der Waals surface area contributed by atoms with Crippen LogP contribution in [0, 0.1) is 5.92 Å². The number of fused-ring (bicyclic) bond motifs is 2. The monoisotopic (exact) mass is 528 g/mol. The van der Waals surface area contributed by atoms with Gasteiger partial charge in [0.05, 0.1) is 35.0 Å². The van der Waals surface area contributed by atoms with Crippen LogP contribution in [-0.4, -0.2) is 29.6 Å². The van der Waals surface area contributed by atoms with Crippen molar-refractivity contribution in [3.8, 4) is 17.0 Å². The molecule has 0 radical (unpaired) electrons. The molecule has 1 aliphatic rings. The highest BCUT2D eigenvalue weighted by atomic mass is 32.1. The highest BCUT2D eigenvalue weighted by Crippen LogP contribution is 2.40. The van der Waals surface area contributed by atoms with E-state index < -0.39 is 0 Å². The summed E-state index contributed by atoms with van der Waals surface area (Å²) in [5, 5.41) is 4.38. The van der Waals surface area contributed by atoms with Crippen molar-refractivity contribution in [2.45, 2.75) is 53.1 Å². The topological polar surface area (TPSA) is 77.5 Å². The fourth-order valence-electron chi connectivity index (χ4n) is 4.92. The molecule has 0 saturated carbocycles. The summed E-state index contributed by atoms with van der Waals surface area (Å²) >= 11 is 1.49. The maximum atomic E-state index is 13.8. The lowest BCUT2D eigenvalue weighted by molar-refractivity contribution is 0.0526. The van der Waals surface area contributed by atoms with Crippen LogP contribution in [0.15, 0.2) is 54.6 Å². The Balaban J connectivity index is 1.53. The molecule has 1 amide bonds. The van der Waals surface area contributed by atoms with Gasteiger partial charge in [-0.15, -0.1) is 11.3 Å². The predicted molar refractivity (Wildman–Crippen MR) is 152 cm³/mol. The van der Waals surface area contributed by atoms with E-state index in [0.717, 1.165) is 51.9 Å². The summed E-state index contributed by atoms with van der Waals surface area (Å²) < 4.78 is 11.2. The molecule has 38 heavy (non-hydrogen) atoms. The predicted octanol–water partition coefficient (Wildman–Crippen LogP) is 7.30. The fraction of sp³-hybridized carbons (Fsp3) is 0.323. The van der Waals surface area contributed by atoms with Gasteiger partial charge in [0.15, 0.2) is 0 Å². The van der Waals surface area contributed by atoms with Crippen molar-refractivity contribution in [3.63, 3.8) is 0 Å². The molecule has 7 heteroatoms. The molecule has 1 N–H and O–H groups in total. The van der Waals surface area contributed by atoms with E-state index in [1.54, 1.807) is 6.92 Å². The molecule has 2 aromatic heterocycles. The Morgan fingerprint density at radius 2 is 1.89 bits per heavy atom. The summed E-state index contributed by atoms with van der Waals surface area (Å²) in [7, 11) is 0. The molecule has 0 saturated heterocycles. The molecular weight excluding hydrogens is 496 g/mol. The molecule has 2 aromatic carbocycles. The Kier molecular flexibility index (Phi) is 7.47. The van der Waals surface area contributed by atoms with Crippen molar-refractivity contribution >= 4 is 39.1 Å². The lowest BCUT2D eigenvalue weighted by Crippen LogP contribution is -2.17. The van der Waals surface area contributed by atoms with E-state index in [0.29, 0.717) is 27.7 Å². The van der Waals surface area contributed by atoms with Gasteiger partial charge in [-0.2, -0.15) is 0 Å². The maximum Gasteiger partial charge on any atom is 0.341 e. The third-order valence-electron chi connectivity index (χ3n) is 6.70. The molecule has 0 aliphatic heterocycles. The summed E-state index contributed by atoms with van der Waals surface area (Å²) in [6.45, 7) is 8.27. The molecule has 1 aliphatic carbocycles. The van der Waals surface area contributed by atoms with Gasteiger partial charge < -0.3 is 14.8 Å². The fourth-order valence-corrected chi connectivity index (χ4v) is 6.31. The normalized spacial score (nSPS) is 14.8. The summed E-state index contributed by atoms with van der Waals surface area (Å²) in [4.78, 5) is 32.7. The van der Waals surface area contributed by atoms with Crippen LogP contribution in [-0.2, 0) is 17.6 Å². The molecule has 2 heterocycles. The molecule has 0 spiro atoms. The summed E-state index contributed by atoms with van der Waals surface area (Å²) in [5.74, 6) is 0.675. The lowest BCUT2D eigenvalue weighted by Gasteiger charge is -2.18. The van der Waals surface area contributed by atoms with E-state index in [2.05, 4.69) is 12.2 Å². The third kappa shape index (κ3) is 5.29. The minimum Gasteiger partial charge on any atom is -0.491 e. The van der Waals surface area contributed by atoms with E-state index in [9.17, 15) is 9.59 Å². The highest BCUT2D eigenvalue weighted by molar-refractivity contribution is 7.17. The Morgan fingerprint density at radius 1 is 1.13 bits per heavy atom. The average Bonchev–Trinajstić information content (AvgIpc) is 3.25. The minimum atomic E-state index is -0.376. The standard InChI is InChI=1S/C31H32N2O4S/c1-5-36-31(35)28-23-15-10-19(4)16-27(23)38-30(28)33-29(34)24-17-26(32-25-9-7-6-8-22(24)25)20-11-13-21(14-12-20)37-18(2)3/h6-9,11-14,17-19H,5,10,15-16H2,1-4H3,(H,33,34). The van der Waals surface area contributed by atoms with Crippen LogP contribution < -0.4 is 10.1 Å². The quantitative estimate of drug-likeness (QED) is 0.255. The SMILES string of the molecule is CCOC(=O)c1c(NC(=O)c2cc(-c3ccc(OC(C)C)cc3)nc3ccccc23)sc2c1CCC(C)C2.